The van der Waals surface area contributed by atoms with Gasteiger partial charge in [0.2, 0.25) is 0 Å². The van der Waals surface area contributed by atoms with Crippen LogP contribution >= 0.6 is 31.9 Å². The molecule has 1 atom stereocenters. The number of nitrogens with one attached hydrogen (secondary N) is 1. The van der Waals surface area contributed by atoms with E-state index < -0.39 is 17.7 Å². The van der Waals surface area contributed by atoms with Crippen molar-refractivity contribution in [2.24, 2.45) is 0 Å². The minimum Gasteiger partial charge on any atom is -0.345 e. The molecule has 0 heterocycles. The number of hydrogen-bond acceptors (Lipinski definition) is 1. The smallest absolute Gasteiger partial charge is 0.252 e. The lowest BCUT2D eigenvalue weighted by Gasteiger charge is -2.16. The van der Waals surface area contributed by atoms with Crippen molar-refractivity contribution in [2.75, 3.05) is 0 Å². The molecule has 0 saturated heterocycles. The number of carbonyl (C=O) groups excluding carboxylic acids is 1. The van der Waals surface area contributed by atoms with Gasteiger partial charge in [-0.1, -0.05) is 15.9 Å². The molecule has 2 rings (SSSR count). The molecular weight excluding hydrogens is 408 g/mol. The first-order valence-electron chi connectivity index (χ1n) is 6.09. The molecule has 1 N–H and O–H groups in total. The number of halogens is 4. The third kappa shape index (κ3) is 3.89. The maximum atomic E-state index is 13.7. The largest absolute Gasteiger partial charge is 0.345 e. The minimum atomic E-state index is -0.654. The number of amides is 1. The van der Waals surface area contributed by atoms with Crippen LogP contribution in [0.4, 0.5) is 8.78 Å². The van der Waals surface area contributed by atoms with Crippen LogP contribution in [0, 0.1) is 11.6 Å². The highest BCUT2D eigenvalue weighted by atomic mass is 79.9. The van der Waals surface area contributed by atoms with Gasteiger partial charge in [-0.25, -0.2) is 8.78 Å². The van der Waals surface area contributed by atoms with Crippen LogP contribution in [-0.2, 0) is 0 Å². The summed E-state index contributed by atoms with van der Waals surface area (Å²) in [6, 6.07) is 7.67. The van der Waals surface area contributed by atoms with Gasteiger partial charge in [0, 0.05) is 14.5 Å². The Hall–Kier alpha value is -1.27. The summed E-state index contributed by atoms with van der Waals surface area (Å²) in [4.78, 5) is 12.2. The molecule has 21 heavy (non-hydrogen) atoms. The highest BCUT2D eigenvalue weighted by Crippen LogP contribution is 2.23. The van der Waals surface area contributed by atoms with Gasteiger partial charge in [-0.15, -0.1) is 0 Å². The van der Waals surface area contributed by atoms with Gasteiger partial charge in [0.15, 0.2) is 0 Å². The van der Waals surface area contributed by atoms with Crippen molar-refractivity contribution in [1.82, 2.24) is 5.32 Å². The van der Waals surface area contributed by atoms with E-state index in [1.165, 1.54) is 0 Å². The van der Waals surface area contributed by atoms with Gasteiger partial charge < -0.3 is 5.32 Å². The number of hydrogen-bond donors (Lipinski definition) is 1. The summed E-state index contributed by atoms with van der Waals surface area (Å²) in [6.45, 7) is 1.60. The standard InChI is InChI=1S/C15H11Br2F2NO/c1-8(11-7-10(18)3-5-14(11)19)20-15(21)12-6-9(16)2-4-13(12)17/h2-8H,1H3,(H,20,21). The molecule has 0 fully saturated rings. The van der Waals surface area contributed by atoms with E-state index in [1.54, 1.807) is 25.1 Å². The summed E-state index contributed by atoms with van der Waals surface area (Å²) in [6.07, 6.45) is 0. The van der Waals surface area contributed by atoms with Gasteiger partial charge in [0.1, 0.15) is 11.6 Å². The van der Waals surface area contributed by atoms with Gasteiger partial charge in [-0.05, 0) is 59.3 Å². The summed E-state index contributed by atoms with van der Waals surface area (Å²) in [7, 11) is 0. The number of benzene rings is 2. The van der Waals surface area contributed by atoms with Gasteiger partial charge >= 0.3 is 0 Å². The topological polar surface area (TPSA) is 29.1 Å². The molecule has 2 nitrogen and oxygen atoms in total. The maximum absolute atomic E-state index is 13.7. The van der Waals surface area contributed by atoms with Gasteiger partial charge in [0.05, 0.1) is 11.6 Å². The van der Waals surface area contributed by atoms with Crippen molar-refractivity contribution >= 4 is 37.8 Å². The molecule has 0 radical (unpaired) electrons. The van der Waals surface area contributed by atoms with Gasteiger partial charge in [0.25, 0.3) is 5.91 Å². The second kappa shape index (κ2) is 6.66. The summed E-state index contributed by atoms with van der Waals surface area (Å²) < 4.78 is 28.2. The van der Waals surface area contributed by atoms with E-state index in [2.05, 4.69) is 37.2 Å². The van der Waals surface area contributed by atoms with E-state index in [0.29, 0.717) is 10.0 Å². The summed E-state index contributed by atoms with van der Waals surface area (Å²) >= 11 is 6.57. The summed E-state index contributed by atoms with van der Waals surface area (Å²) in [5, 5.41) is 2.65. The molecule has 2 aromatic carbocycles. The van der Waals surface area contributed by atoms with Crippen LogP contribution in [0.1, 0.15) is 28.9 Å². The number of carbonyl (C=O) groups is 1. The quantitative estimate of drug-likeness (QED) is 0.748. The fraction of sp³-hybridized carbons (Fsp3) is 0.133. The Labute approximate surface area is 137 Å². The Kier molecular flexibility index (Phi) is 5.11. The van der Waals surface area contributed by atoms with E-state index in [9.17, 15) is 13.6 Å². The van der Waals surface area contributed by atoms with Crippen molar-refractivity contribution in [2.45, 2.75) is 13.0 Å². The Morgan fingerprint density at radius 1 is 1.14 bits per heavy atom. The first-order chi connectivity index (χ1) is 9.88. The maximum Gasteiger partial charge on any atom is 0.252 e. The van der Waals surface area contributed by atoms with Crippen LogP contribution in [0.5, 0.6) is 0 Å². The van der Waals surface area contributed by atoms with Crippen LogP contribution in [0.3, 0.4) is 0 Å². The molecular formula is C15H11Br2F2NO. The fourth-order valence-electron chi connectivity index (χ4n) is 1.87. The highest BCUT2D eigenvalue weighted by Gasteiger charge is 2.17. The normalized spacial score (nSPS) is 12.0. The molecule has 0 spiro atoms. The zero-order valence-corrected chi connectivity index (χ0v) is 14.1. The Morgan fingerprint density at radius 3 is 2.57 bits per heavy atom. The molecule has 110 valence electrons. The third-order valence-corrected chi connectivity index (χ3v) is 4.13. The van der Waals surface area contributed by atoms with Crippen molar-refractivity contribution in [3.8, 4) is 0 Å². The van der Waals surface area contributed by atoms with E-state index in [-0.39, 0.29) is 11.5 Å². The molecule has 1 unspecified atom stereocenters. The van der Waals surface area contributed by atoms with E-state index >= 15 is 0 Å². The van der Waals surface area contributed by atoms with E-state index in [0.717, 1.165) is 22.7 Å². The average Bonchev–Trinajstić information content (AvgIpc) is 2.43. The lowest BCUT2D eigenvalue weighted by atomic mass is 10.1. The fourth-order valence-corrected chi connectivity index (χ4v) is 2.66. The van der Waals surface area contributed by atoms with Crippen molar-refractivity contribution in [1.29, 1.82) is 0 Å². The van der Waals surface area contributed by atoms with Gasteiger partial charge in [-0.2, -0.15) is 0 Å². The van der Waals surface area contributed by atoms with Crippen LogP contribution < -0.4 is 5.32 Å². The lowest BCUT2D eigenvalue weighted by Crippen LogP contribution is -2.27. The molecule has 0 aliphatic carbocycles. The second-order valence-corrected chi connectivity index (χ2v) is 6.26. The second-order valence-electron chi connectivity index (χ2n) is 4.49. The third-order valence-electron chi connectivity index (χ3n) is 2.95. The Balaban J connectivity index is 2.23. The predicted molar refractivity (Wildman–Crippen MR) is 84.1 cm³/mol. The highest BCUT2D eigenvalue weighted by molar-refractivity contribution is 9.11. The van der Waals surface area contributed by atoms with Gasteiger partial charge in [-0.3, -0.25) is 4.79 Å². The molecule has 0 saturated carbocycles. The monoisotopic (exact) mass is 417 g/mol. The van der Waals surface area contributed by atoms with E-state index in [4.69, 9.17) is 0 Å². The van der Waals surface area contributed by atoms with Crippen molar-refractivity contribution < 1.29 is 13.6 Å². The van der Waals surface area contributed by atoms with Crippen LogP contribution in [0.2, 0.25) is 0 Å². The minimum absolute atomic E-state index is 0.106. The van der Waals surface area contributed by atoms with Crippen molar-refractivity contribution in [3.05, 3.63) is 68.1 Å². The number of rotatable bonds is 3. The lowest BCUT2D eigenvalue weighted by molar-refractivity contribution is 0.0938. The van der Waals surface area contributed by atoms with E-state index in [1.807, 2.05) is 0 Å². The Morgan fingerprint density at radius 2 is 1.86 bits per heavy atom. The average molecular weight is 419 g/mol. The summed E-state index contributed by atoms with van der Waals surface area (Å²) in [5.41, 5.74) is 0.516. The SMILES string of the molecule is CC(NC(=O)c1cc(Br)ccc1Br)c1cc(F)ccc1F. The zero-order valence-electron chi connectivity index (χ0n) is 11.0. The molecule has 2 aromatic rings. The first-order valence-corrected chi connectivity index (χ1v) is 7.68. The zero-order chi connectivity index (χ0) is 15.6. The molecule has 0 aliphatic heterocycles. The summed E-state index contributed by atoms with van der Waals surface area (Å²) in [5.74, 6) is -1.48. The Bertz CT molecular complexity index is 691. The van der Waals surface area contributed by atoms with Crippen LogP contribution in [0.25, 0.3) is 0 Å². The predicted octanol–water partition coefficient (Wildman–Crippen LogP) is 4.98. The van der Waals surface area contributed by atoms with Crippen molar-refractivity contribution in [3.63, 3.8) is 0 Å². The van der Waals surface area contributed by atoms with Crippen LogP contribution in [-0.4, -0.2) is 5.91 Å². The molecule has 6 heteroatoms. The molecule has 0 bridgehead atoms. The first kappa shape index (κ1) is 16.1. The molecule has 0 aliphatic rings. The molecule has 1 amide bonds. The molecule has 0 aromatic heterocycles. The van der Waals surface area contributed by atoms with Crippen LogP contribution in [0.15, 0.2) is 45.3 Å².